The zero-order chi connectivity index (χ0) is 13.9. The van der Waals surface area contributed by atoms with E-state index in [-0.39, 0.29) is 11.8 Å². The number of hydrogen-bond donors (Lipinski definition) is 2. The minimum Gasteiger partial charge on any atom is -0.316 e. The van der Waals surface area contributed by atoms with Crippen molar-refractivity contribution in [2.24, 2.45) is 13.0 Å². The molecule has 1 unspecified atom stereocenters. The molecule has 1 saturated heterocycles. The summed E-state index contributed by atoms with van der Waals surface area (Å²) < 4.78 is 1.69. The van der Waals surface area contributed by atoms with Crippen molar-refractivity contribution in [2.45, 2.75) is 44.4 Å². The lowest BCUT2D eigenvalue weighted by Crippen LogP contribution is -2.29. The minimum absolute atomic E-state index is 0.103. The second kappa shape index (κ2) is 5.91. The van der Waals surface area contributed by atoms with Gasteiger partial charge in [-0.2, -0.15) is 10.1 Å². The quantitative estimate of drug-likeness (QED) is 0.876. The Morgan fingerprint density at radius 1 is 1.30 bits per heavy atom. The molecule has 1 aromatic heterocycles. The van der Waals surface area contributed by atoms with Crippen molar-refractivity contribution < 1.29 is 4.79 Å². The summed E-state index contributed by atoms with van der Waals surface area (Å²) in [4.78, 5) is 16.7. The Hall–Kier alpha value is -1.43. The van der Waals surface area contributed by atoms with Gasteiger partial charge in [-0.1, -0.05) is 12.8 Å². The molecule has 2 fully saturated rings. The highest BCUT2D eigenvalue weighted by Gasteiger charge is 2.25. The molecule has 6 nitrogen and oxygen atoms in total. The Bertz CT molecular complexity index is 472. The average molecular weight is 277 g/mol. The van der Waals surface area contributed by atoms with E-state index in [1.807, 2.05) is 7.05 Å². The number of hydrogen-bond acceptors (Lipinski definition) is 4. The summed E-state index contributed by atoms with van der Waals surface area (Å²) in [5.41, 5.74) is 0. The number of rotatable bonds is 3. The van der Waals surface area contributed by atoms with Crippen molar-refractivity contribution in [3.8, 4) is 0 Å². The van der Waals surface area contributed by atoms with Crippen molar-refractivity contribution in [1.29, 1.82) is 0 Å². The Morgan fingerprint density at radius 2 is 2.10 bits per heavy atom. The second-order valence-electron chi connectivity index (χ2n) is 5.93. The molecule has 2 heterocycles. The number of aromatic nitrogens is 3. The topological polar surface area (TPSA) is 71.8 Å². The van der Waals surface area contributed by atoms with Crippen LogP contribution in [0.25, 0.3) is 0 Å². The maximum absolute atomic E-state index is 12.1. The second-order valence-corrected chi connectivity index (χ2v) is 5.93. The third kappa shape index (κ3) is 2.85. The van der Waals surface area contributed by atoms with Crippen LogP contribution in [0.2, 0.25) is 0 Å². The van der Waals surface area contributed by atoms with Crippen LogP contribution in [0, 0.1) is 5.92 Å². The summed E-state index contributed by atoms with van der Waals surface area (Å²) in [6.45, 7) is 2.01. The van der Waals surface area contributed by atoms with Crippen molar-refractivity contribution >= 4 is 11.9 Å². The predicted molar refractivity (Wildman–Crippen MR) is 76.4 cm³/mol. The standard InChI is InChI=1S/C14H23N5O/c1-19-14(17-13(20)10-5-2-3-6-10)16-12(18-19)11-7-4-8-15-9-11/h10-11,15H,2-9H2,1H3,(H,16,17,18,20). The van der Waals surface area contributed by atoms with Crippen LogP contribution in [0.3, 0.4) is 0 Å². The number of amides is 1. The summed E-state index contributed by atoms with van der Waals surface area (Å²) >= 11 is 0. The van der Waals surface area contributed by atoms with E-state index in [4.69, 9.17) is 0 Å². The van der Waals surface area contributed by atoms with Gasteiger partial charge in [0.25, 0.3) is 0 Å². The van der Waals surface area contributed by atoms with Crippen LogP contribution in [0.4, 0.5) is 5.95 Å². The lowest BCUT2D eigenvalue weighted by Gasteiger charge is -2.19. The van der Waals surface area contributed by atoms with Gasteiger partial charge in [0, 0.05) is 25.4 Å². The molecule has 1 atom stereocenters. The van der Waals surface area contributed by atoms with Crippen LogP contribution in [-0.2, 0) is 11.8 Å². The first-order chi connectivity index (χ1) is 9.74. The van der Waals surface area contributed by atoms with E-state index in [0.717, 1.165) is 57.4 Å². The molecule has 2 aliphatic rings. The van der Waals surface area contributed by atoms with E-state index in [1.165, 1.54) is 0 Å². The van der Waals surface area contributed by atoms with Crippen molar-refractivity contribution in [3.05, 3.63) is 5.82 Å². The van der Waals surface area contributed by atoms with E-state index in [1.54, 1.807) is 4.68 Å². The number of piperidine rings is 1. The largest absolute Gasteiger partial charge is 0.316 e. The maximum atomic E-state index is 12.1. The molecular weight excluding hydrogens is 254 g/mol. The van der Waals surface area contributed by atoms with Gasteiger partial charge in [-0.3, -0.25) is 10.1 Å². The number of carbonyl (C=O) groups is 1. The molecule has 0 spiro atoms. The number of carbonyl (C=O) groups excluding carboxylic acids is 1. The fraction of sp³-hybridized carbons (Fsp3) is 0.786. The van der Waals surface area contributed by atoms with E-state index in [2.05, 4.69) is 20.7 Å². The lowest BCUT2D eigenvalue weighted by atomic mass is 9.99. The van der Waals surface area contributed by atoms with E-state index in [0.29, 0.717) is 11.9 Å². The van der Waals surface area contributed by atoms with Crippen LogP contribution >= 0.6 is 0 Å². The van der Waals surface area contributed by atoms with Crippen LogP contribution < -0.4 is 10.6 Å². The smallest absolute Gasteiger partial charge is 0.229 e. The Balaban J connectivity index is 1.67. The summed E-state index contributed by atoms with van der Waals surface area (Å²) in [7, 11) is 1.84. The molecule has 110 valence electrons. The summed E-state index contributed by atoms with van der Waals surface area (Å²) in [5.74, 6) is 2.06. The van der Waals surface area contributed by atoms with Gasteiger partial charge < -0.3 is 5.32 Å². The Kier molecular flexibility index (Phi) is 4.00. The third-order valence-corrected chi connectivity index (χ3v) is 4.40. The van der Waals surface area contributed by atoms with Gasteiger partial charge >= 0.3 is 0 Å². The molecule has 0 bridgehead atoms. The SMILES string of the molecule is Cn1nc(C2CCCNC2)nc1NC(=O)C1CCCC1. The Labute approximate surface area is 119 Å². The minimum atomic E-state index is 0.103. The van der Waals surface area contributed by atoms with E-state index in [9.17, 15) is 4.79 Å². The van der Waals surface area contributed by atoms with Crippen LogP contribution in [0.1, 0.15) is 50.3 Å². The molecule has 2 N–H and O–H groups in total. The van der Waals surface area contributed by atoms with Gasteiger partial charge in [0.1, 0.15) is 0 Å². The van der Waals surface area contributed by atoms with E-state index >= 15 is 0 Å². The van der Waals surface area contributed by atoms with Gasteiger partial charge in [0.05, 0.1) is 0 Å². The first kappa shape index (κ1) is 13.5. The van der Waals surface area contributed by atoms with Crippen molar-refractivity contribution in [1.82, 2.24) is 20.1 Å². The average Bonchev–Trinajstić information content (AvgIpc) is 3.10. The first-order valence-corrected chi connectivity index (χ1v) is 7.66. The number of nitrogens with one attached hydrogen (secondary N) is 2. The van der Waals surface area contributed by atoms with Gasteiger partial charge in [-0.05, 0) is 32.2 Å². The molecule has 0 aromatic carbocycles. The zero-order valence-electron chi connectivity index (χ0n) is 12.1. The highest BCUT2D eigenvalue weighted by molar-refractivity contribution is 5.91. The molecule has 1 saturated carbocycles. The normalized spacial score (nSPS) is 23.9. The summed E-state index contributed by atoms with van der Waals surface area (Å²) in [6, 6.07) is 0. The van der Waals surface area contributed by atoms with E-state index < -0.39 is 0 Å². The summed E-state index contributed by atoms with van der Waals surface area (Å²) in [6.07, 6.45) is 6.61. The lowest BCUT2D eigenvalue weighted by molar-refractivity contribution is -0.119. The van der Waals surface area contributed by atoms with Gasteiger partial charge in [0.2, 0.25) is 11.9 Å². The number of aryl methyl sites for hydroxylation is 1. The van der Waals surface area contributed by atoms with Crippen LogP contribution in [-0.4, -0.2) is 33.8 Å². The molecule has 1 aliphatic carbocycles. The van der Waals surface area contributed by atoms with Gasteiger partial charge in [0.15, 0.2) is 5.82 Å². The van der Waals surface area contributed by atoms with Crippen molar-refractivity contribution in [3.63, 3.8) is 0 Å². The van der Waals surface area contributed by atoms with Crippen LogP contribution in [0.5, 0.6) is 0 Å². The van der Waals surface area contributed by atoms with Crippen LogP contribution in [0.15, 0.2) is 0 Å². The fourth-order valence-corrected chi connectivity index (χ4v) is 3.16. The molecule has 1 aliphatic heterocycles. The molecule has 6 heteroatoms. The maximum Gasteiger partial charge on any atom is 0.229 e. The molecule has 1 amide bonds. The molecule has 0 radical (unpaired) electrons. The number of nitrogens with zero attached hydrogens (tertiary/aromatic N) is 3. The monoisotopic (exact) mass is 277 g/mol. The summed E-state index contributed by atoms with van der Waals surface area (Å²) in [5, 5.41) is 10.8. The zero-order valence-corrected chi connectivity index (χ0v) is 12.1. The predicted octanol–water partition coefficient (Wildman–Crippen LogP) is 1.41. The fourth-order valence-electron chi connectivity index (χ4n) is 3.16. The van der Waals surface area contributed by atoms with Gasteiger partial charge in [-0.25, -0.2) is 4.68 Å². The molecule has 20 heavy (non-hydrogen) atoms. The highest BCUT2D eigenvalue weighted by atomic mass is 16.2. The number of anilines is 1. The van der Waals surface area contributed by atoms with Crippen molar-refractivity contribution in [2.75, 3.05) is 18.4 Å². The molecule has 1 aromatic rings. The molecular formula is C14H23N5O. The molecule has 3 rings (SSSR count). The third-order valence-electron chi connectivity index (χ3n) is 4.40. The Morgan fingerprint density at radius 3 is 2.80 bits per heavy atom. The van der Waals surface area contributed by atoms with Gasteiger partial charge in [-0.15, -0.1) is 0 Å². The highest BCUT2D eigenvalue weighted by Crippen LogP contribution is 2.26. The first-order valence-electron chi connectivity index (χ1n) is 7.66.